The second-order valence-electron chi connectivity index (χ2n) is 9.71. The fourth-order valence-corrected chi connectivity index (χ4v) is 5.96. The topological polar surface area (TPSA) is 86.8 Å². The van der Waals surface area contributed by atoms with Gasteiger partial charge in [-0.2, -0.15) is 0 Å². The normalized spacial score (nSPS) is 11.9. The van der Waals surface area contributed by atoms with Crippen molar-refractivity contribution in [3.8, 4) is 0 Å². The lowest BCUT2D eigenvalue weighted by atomic mass is 10.0. The van der Waals surface area contributed by atoms with Gasteiger partial charge in [-0.3, -0.25) is 13.9 Å². The number of anilines is 1. The van der Waals surface area contributed by atoms with Crippen molar-refractivity contribution in [1.82, 2.24) is 10.2 Å². The van der Waals surface area contributed by atoms with Gasteiger partial charge in [0, 0.05) is 25.6 Å². The van der Waals surface area contributed by atoms with E-state index in [-0.39, 0.29) is 29.1 Å². The number of halogens is 2. The molecule has 218 valence electrons. The van der Waals surface area contributed by atoms with Crippen LogP contribution >= 0.6 is 0 Å². The van der Waals surface area contributed by atoms with Gasteiger partial charge >= 0.3 is 0 Å². The van der Waals surface area contributed by atoms with Gasteiger partial charge in [-0.15, -0.1) is 0 Å². The summed E-state index contributed by atoms with van der Waals surface area (Å²) in [7, 11) is -3.03. The molecule has 1 N–H and O–H groups in total. The zero-order chi connectivity index (χ0) is 30.3. The largest absolute Gasteiger partial charge is 0.357 e. The maximum atomic E-state index is 15.1. The number of benzene rings is 4. The molecule has 0 spiro atoms. The van der Waals surface area contributed by atoms with Crippen LogP contribution in [0.15, 0.2) is 108 Å². The second-order valence-corrected chi connectivity index (χ2v) is 11.6. The summed E-state index contributed by atoms with van der Waals surface area (Å²) in [5, 5.41) is 2.56. The maximum Gasteiger partial charge on any atom is 0.264 e. The number of aryl methyl sites for hydroxylation is 1. The minimum absolute atomic E-state index is 0.0745. The lowest BCUT2D eigenvalue weighted by molar-refractivity contribution is -0.139. The Bertz CT molecular complexity index is 1650. The highest BCUT2D eigenvalue weighted by molar-refractivity contribution is 7.92. The molecule has 42 heavy (non-hydrogen) atoms. The Morgan fingerprint density at radius 3 is 2.02 bits per heavy atom. The average Bonchev–Trinajstić information content (AvgIpc) is 2.99. The van der Waals surface area contributed by atoms with E-state index in [0.29, 0.717) is 4.31 Å². The van der Waals surface area contributed by atoms with Crippen LogP contribution in [0.4, 0.5) is 14.5 Å². The Hall–Kier alpha value is -4.57. The molecule has 0 aliphatic carbocycles. The van der Waals surface area contributed by atoms with E-state index in [0.717, 1.165) is 22.1 Å². The maximum absolute atomic E-state index is 15.1. The summed E-state index contributed by atoms with van der Waals surface area (Å²) in [5.41, 5.74) is 1.34. The Balaban J connectivity index is 1.80. The number of nitrogens with zero attached hydrogens (tertiary/aromatic N) is 2. The Morgan fingerprint density at radius 1 is 0.810 bits per heavy atom. The van der Waals surface area contributed by atoms with Crippen molar-refractivity contribution >= 4 is 27.5 Å². The summed E-state index contributed by atoms with van der Waals surface area (Å²) in [6, 6.07) is 24.8. The van der Waals surface area contributed by atoms with Crippen molar-refractivity contribution in [3.05, 3.63) is 131 Å². The first-order chi connectivity index (χ1) is 20.1. The predicted octanol–water partition coefficient (Wildman–Crippen LogP) is 4.85. The second kappa shape index (κ2) is 13.4. The van der Waals surface area contributed by atoms with Crippen molar-refractivity contribution in [3.63, 3.8) is 0 Å². The molecule has 0 aromatic heterocycles. The molecule has 2 amide bonds. The van der Waals surface area contributed by atoms with E-state index >= 15 is 4.39 Å². The molecule has 1 atom stereocenters. The van der Waals surface area contributed by atoms with Crippen LogP contribution in [-0.4, -0.2) is 44.8 Å². The standard InChI is InChI=1S/C32H31F2N3O4S/c1-23-16-18-26(19-17-23)42(40,41)37(29-15-9-8-14-28(29)34)22-31(38)36(21-25-12-6-7-13-27(25)33)30(32(39)35-2)20-24-10-4-3-5-11-24/h3-19,30H,20-22H2,1-2H3,(H,35,39). The van der Waals surface area contributed by atoms with Crippen LogP contribution in [0.25, 0.3) is 0 Å². The highest BCUT2D eigenvalue weighted by Crippen LogP contribution is 2.27. The summed E-state index contributed by atoms with van der Waals surface area (Å²) in [5.74, 6) is -2.79. The van der Waals surface area contributed by atoms with E-state index in [1.807, 2.05) is 6.07 Å². The lowest BCUT2D eigenvalue weighted by Gasteiger charge is -2.33. The molecule has 0 radical (unpaired) electrons. The van der Waals surface area contributed by atoms with Crippen LogP contribution in [-0.2, 0) is 32.6 Å². The number of amides is 2. The number of para-hydroxylation sites is 1. The van der Waals surface area contributed by atoms with Gasteiger partial charge in [0.05, 0.1) is 10.6 Å². The van der Waals surface area contributed by atoms with E-state index in [1.165, 1.54) is 55.6 Å². The van der Waals surface area contributed by atoms with Crippen LogP contribution in [0.5, 0.6) is 0 Å². The summed E-state index contributed by atoms with van der Waals surface area (Å²) >= 11 is 0. The number of rotatable bonds is 11. The molecule has 0 heterocycles. The quantitative estimate of drug-likeness (QED) is 0.270. The molecule has 0 aliphatic rings. The monoisotopic (exact) mass is 591 g/mol. The number of sulfonamides is 1. The molecular formula is C32H31F2N3O4S. The lowest BCUT2D eigenvalue weighted by Crippen LogP contribution is -2.53. The van der Waals surface area contributed by atoms with E-state index in [2.05, 4.69) is 5.32 Å². The van der Waals surface area contributed by atoms with Crippen LogP contribution < -0.4 is 9.62 Å². The van der Waals surface area contributed by atoms with Crippen LogP contribution in [0.2, 0.25) is 0 Å². The molecule has 0 bridgehead atoms. The molecule has 0 saturated carbocycles. The van der Waals surface area contributed by atoms with E-state index in [1.54, 1.807) is 49.4 Å². The number of hydrogen-bond acceptors (Lipinski definition) is 4. The summed E-state index contributed by atoms with van der Waals surface area (Å²) in [4.78, 5) is 28.3. The van der Waals surface area contributed by atoms with Crippen molar-refractivity contribution in [2.75, 3.05) is 17.9 Å². The van der Waals surface area contributed by atoms with Crippen LogP contribution in [0.1, 0.15) is 16.7 Å². The van der Waals surface area contributed by atoms with Gasteiger partial charge in [-0.1, -0.05) is 78.4 Å². The van der Waals surface area contributed by atoms with Crippen molar-refractivity contribution in [2.45, 2.75) is 30.8 Å². The third-order valence-corrected chi connectivity index (χ3v) is 8.60. The minimum Gasteiger partial charge on any atom is -0.357 e. The molecule has 4 aromatic carbocycles. The SMILES string of the molecule is CNC(=O)C(Cc1ccccc1)N(Cc1ccccc1F)C(=O)CN(c1ccccc1F)S(=O)(=O)c1ccc(C)cc1. The first-order valence-electron chi connectivity index (χ1n) is 13.2. The fraction of sp³-hybridized carbons (Fsp3) is 0.188. The molecule has 4 rings (SSSR count). The number of carbonyl (C=O) groups excluding carboxylic acids is 2. The Labute approximate surface area is 244 Å². The summed E-state index contributed by atoms with van der Waals surface area (Å²) in [6.45, 7) is 0.626. The number of likely N-dealkylation sites (N-methyl/N-ethyl adjacent to an activating group) is 1. The van der Waals surface area contributed by atoms with Crippen LogP contribution in [0.3, 0.4) is 0 Å². The van der Waals surface area contributed by atoms with Crippen molar-refractivity contribution < 1.29 is 26.8 Å². The fourth-order valence-electron chi connectivity index (χ4n) is 4.54. The van der Waals surface area contributed by atoms with Gasteiger partial charge in [0.1, 0.15) is 24.2 Å². The number of nitrogens with one attached hydrogen (secondary N) is 1. The average molecular weight is 592 g/mol. The minimum atomic E-state index is -4.44. The Kier molecular flexibility index (Phi) is 9.69. The van der Waals surface area contributed by atoms with E-state index in [4.69, 9.17) is 0 Å². The smallest absolute Gasteiger partial charge is 0.264 e. The zero-order valence-electron chi connectivity index (χ0n) is 23.2. The first-order valence-corrected chi connectivity index (χ1v) is 14.7. The van der Waals surface area contributed by atoms with E-state index < -0.39 is 46.1 Å². The summed E-state index contributed by atoms with van der Waals surface area (Å²) in [6.07, 6.45) is 0.0745. The molecule has 1 unspecified atom stereocenters. The summed E-state index contributed by atoms with van der Waals surface area (Å²) < 4.78 is 58.3. The van der Waals surface area contributed by atoms with Gasteiger partial charge < -0.3 is 10.2 Å². The van der Waals surface area contributed by atoms with Gasteiger partial charge in [0.2, 0.25) is 11.8 Å². The predicted molar refractivity (Wildman–Crippen MR) is 157 cm³/mol. The molecule has 0 aliphatic heterocycles. The van der Waals surface area contributed by atoms with Gasteiger partial charge in [0.25, 0.3) is 10.0 Å². The third-order valence-electron chi connectivity index (χ3n) is 6.83. The highest BCUT2D eigenvalue weighted by Gasteiger charge is 2.35. The highest BCUT2D eigenvalue weighted by atomic mass is 32.2. The number of carbonyl (C=O) groups is 2. The molecule has 7 nitrogen and oxygen atoms in total. The Morgan fingerprint density at radius 2 is 1.40 bits per heavy atom. The molecule has 4 aromatic rings. The van der Waals surface area contributed by atoms with Crippen molar-refractivity contribution in [1.29, 1.82) is 0 Å². The van der Waals surface area contributed by atoms with E-state index in [9.17, 15) is 22.4 Å². The molecule has 10 heteroatoms. The number of hydrogen-bond donors (Lipinski definition) is 1. The third kappa shape index (κ3) is 7.01. The molecule has 0 fully saturated rings. The molecule has 0 saturated heterocycles. The van der Waals surface area contributed by atoms with Gasteiger partial charge in [0.15, 0.2) is 0 Å². The first kappa shape index (κ1) is 30.4. The van der Waals surface area contributed by atoms with Crippen LogP contribution in [0, 0.1) is 18.6 Å². The van der Waals surface area contributed by atoms with Gasteiger partial charge in [-0.25, -0.2) is 17.2 Å². The van der Waals surface area contributed by atoms with Gasteiger partial charge in [-0.05, 0) is 42.8 Å². The van der Waals surface area contributed by atoms with Crippen molar-refractivity contribution in [2.24, 2.45) is 0 Å². The zero-order valence-corrected chi connectivity index (χ0v) is 24.0. The molecular weight excluding hydrogens is 560 g/mol.